The molecule has 3 rings (SSSR count). The number of aromatic nitrogens is 2. The predicted molar refractivity (Wildman–Crippen MR) is 83.1 cm³/mol. The van der Waals surface area contributed by atoms with Crippen molar-refractivity contribution in [1.82, 2.24) is 9.97 Å². The van der Waals surface area contributed by atoms with Gasteiger partial charge in [-0.3, -0.25) is 4.98 Å². The molecule has 6 heteroatoms. The summed E-state index contributed by atoms with van der Waals surface area (Å²) in [6.45, 7) is 0.319. The molecule has 0 radical (unpaired) electrons. The molecule has 0 spiro atoms. The highest BCUT2D eigenvalue weighted by Gasteiger charge is 2.07. The molecule has 3 N–H and O–H groups in total. The zero-order chi connectivity index (χ0) is 14.7. The summed E-state index contributed by atoms with van der Waals surface area (Å²) in [6.07, 6.45) is 3.16. The summed E-state index contributed by atoms with van der Waals surface area (Å²) in [6, 6.07) is 11.5. The Balaban J connectivity index is 1.88. The molecule has 2 aromatic heterocycles. The molecule has 0 bridgehead atoms. The molecule has 2 heterocycles. The lowest BCUT2D eigenvalue weighted by Gasteiger charge is -2.11. The van der Waals surface area contributed by atoms with Crippen LogP contribution in [0, 0.1) is 0 Å². The number of rotatable bonds is 4. The van der Waals surface area contributed by atoms with E-state index in [9.17, 15) is 0 Å². The average Bonchev–Trinajstić information content (AvgIpc) is 2.52. The number of benzene rings is 1. The number of hydrogen-bond acceptors (Lipinski definition) is 5. The molecule has 106 valence electrons. The first-order valence-corrected chi connectivity index (χ1v) is 6.72. The van der Waals surface area contributed by atoms with E-state index in [0.29, 0.717) is 23.2 Å². The lowest BCUT2D eigenvalue weighted by molar-refractivity contribution is 0.305. The second-order valence-electron chi connectivity index (χ2n) is 4.46. The molecule has 0 saturated heterocycles. The smallest absolute Gasteiger partial charge is 0.147 e. The molecule has 21 heavy (non-hydrogen) atoms. The van der Waals surface area contributed by atoms with Gasteiger partial charge in [0, 0.05) is 23.2 Å². The molecule has 5 nitrogen and oxygen atoms in total. The van der Waals surface area contributed by atoms with Crippen molar-refractivity contribution < 1.29 is 4.74 Å². The Morgan fingerprint density at radius 2 is 2.05 bits per heavy atom. The fourth-order valence-corrected chi connectivity index (χ4v) is 2.19. The fraction of sp³-hybridized carbons (Fsp3) is 0.0667. The van der Waals surface area contributed by atoms with Gasteiger partial charge >= 0.3 is 0 Å². The van der Waals surface area contributed by atoms with Gasteiger partial charge in [0.05, 0.1) is 16.7 Å². The van der Waals surface area contributed by atoms with Gasteiger partial charge in [-0.2, -0.15) is 0 Å². The SMILES string of the molecule is NNc1nc2ccccc2cc1COc1cncc(Cl)c1. The van der Waals surface area contributed by atoms with Crippen molar-refractivity contribution in [1.29, 1.82) is 0 Å². The van der Waals surface area contributed by atoms with Crippen molar-refractivity contribution >= 4 is 28.3 Å². The number of nitrogen functional groups attached to an aromatic ring is 1. The van der Waals surface area contributed by atoms with Crippen LogP contribution in [0.25, 0.3) is 10.9 Å². The topological polar surface area (TPSA) is 73.1 Å². The summed E-state index contributed by atoms with van der Waals surface area (Å²) >= 11 is 5.88. The summed E-state index contributed by atoms with van der Waals surface area (Å²) in [5.74, 6) is 6.72. The fourth-order valence-electron chi connectivity index (χ4n) is 2.03. The number of pyridine rings is 2. The van der Waals surface area contributed by atoms with Gasteiger partial charge in [-0.15, -0.1) is 0 Å². The molecule has 0 unspecified atom stereocenters. The van der Waals surface area contributed by atoms with Crippen LogP contribution in [0.4, 0.5) is 5.82 Å². The molecular weight excluding hydrogens is 288 g/mol. The van der Waals surface area contributed by atoms with Crippen LogP contribution < -0.4 is 16.0 Å². The zero-order valence-electron chi connectivity index (χ0n) is 11.1. The number of nitrogens with two attached hydrogens (primary N) is 1. The number of nitrogens with zero attached hydrogens (tertiary/aromatic N) is 2. The van der Waals surface area contributed by atoms with Crippen LogP contribution in [-0.4, -0.2) is 9.97 Å². The van der Waals surface area contributed by atoms with E-state index in [1.807, 2.05) is 30.3 Å². The summed E-state index contributed by atoms with van der Waals surface area (Å²) in [5, 5.41) is 1.56. The Bertz CT molecular complexity index is 778. The second kappa shape index (κ2) is 5.95. The average molecular weight is 301 g/mol. The van der Waals surface area contributed by atoms with Crippen molar-refractivity contribution in [2.24, 2.45) is 5.84 Å². The van der Waals surface area contributed by atoms with E-state index in [1.54, 1.807) is 18.5 Å². The van der Waals surface area contributed by atoms with Crippen LogP contribution in [0.15, 0.2) is 48.8 Å². The largest absolute Gasteiger partial charge is 0.487 e. The number of para-hydroxylation sites is 1. The maximum Gasteiger partial charge on any atom is 0.147 e. The Morgan fingerprint density at radius 1 is 1.19 bits per heavy atom. The van der Waals surface area contributed by atoms with Crippen molar-refractivity contribution in [2.75, 3.05) is 5.43 Å². The van der Waals surface area contributed by atoms with Crippen LogP contribution >= 0.6 is 11.6 Å². The van der Waals surface area contributed by atoms with Crippen molar-refractivity contribution in [2.45, 2.75) is 6.61 Å². The highest BCUT2D eigenvalue weighted by Crippen LogP contribution is 2.22. The first-order valence-electron chi connectivity index (χ1n) is 6.35. The van der Waals surface area contributed by atoms with Crippen molar-refractivity contribution in [3.63, 3.8) is 0 Å². The van der Waals surface area contributed by atoms with E-state index >= 15 is 0 Å². The Labute approximate surface area is 126 Å². The highest BCUT2D eigenvalue weighted by atomic mass is 35.5. The van der Waals surface area contributed by atoms with E-state index in [0.717, 1.165) is 16.5 Å². The Hall–Kier alpha value is -2.37. The van der Waals surface area contributed by atoms with Crippen LogP contribution in [-0.2, 0) is 6.61 Å². The molecule has 3 aromatic rings. The number of hydrogen-bond donors (Lipinski definition) is 2. The minimum Gasteiger partial charge on any atom is -0.487 e. The number of halogens is 1. The van der Waals surface area contributed by atoms with E-state index in [-0.39, 0.29) is 0 Å². The van der Waals surface area contributed by atoms with Crippen LogP contribution in [0.5, 0.6) is 5.75 Å². The lowest BCUT2D eigenvalue weighted by atomic mass is 10.1. The highest BCUT2D eigenvalue weighted by molar-refractivity contribution is 6.30. The summed E-state index contributed by atoms with van der Waals surface area (Å²) in [4.78, 5) is 8.44. The van der Waals surface area contributed by atoms with E-state index < -0.39 is 0 Å². The Morgan fingerprint density at radius 3 is 2.86 bits per heavy atom. The third-order valence-electron chi connectivity index (χ3n) is 3.01. The van der Waals surface area contributed by atoms with Gasteiger partial charge in [0.15, 0.2) is 0 Å². The number of nitrogens with one attached hydrogen (secondary N) is 1. The molecule has 0 aliphatic carbocycles. The van der Waals surface area contributed by atoms with Gasteiger partial charge in [-0.1, -0.05) is 29.8 Å². The summed E-state index contributed by atoms with van der Waals surface area (Å²) in [5.41, 5.74) is 4.33. The lowest BCUT2D eigenvalue weighted by Crippen LogP contribution is -2.12. The molecule has 0 aliphatic rings. The first kappa shape index (κ1) is 13.6. The van der Waals surface area contributed by atoms with Gasteiger partial charge in [-0.05, 0) is 12.1 Å². The molecule has 0 atom stereocenters. The molecule has 0 saturated carbocycles. The number of fused-ring (bicyclic) bond motifs is 1. The molecule has 1 aromatic carbocycles. The van der Waals surface area contributed by atoms with Crippen LogP contribution in [0.2, 0.25) is 5.02 Å². The maximum absolute atomic E-state index is 5.88. The monoisotopic (exact) mass is 300 g/mol. The van der Waals surface area contributed by atoms with Crippen LogP contribution in [0.3, 0.4) is 0 Å². The molecule has 0 fully saturated rings. The van der Waals surface area contributed by atoms with Gasteiger partial charge in [-0.25, -0.2) is 10.8 Å². The third kappa shape index (κ3) is 3.04. The number of ether oxygens (including phenoxy) is 1. The number of hydrazine groups is 1. The predicted octanol–water partition coefficient (Wildman–Crippen LogP) is 3.15. The van der Waals surface area contributed by atoms with E-state index in [1.165, 1.54) is 0 Å². The van der Waals surface area contributed by atoms with Gasteiger partial charge in [0.2, 0.25) is 0 Å². The second-order valence-corrected chi connectivity index (χ2v) is 4.90. The van der Waals surface area contributed by atoms with Gasteiger partial charge in [0.1, 0.15) is 18.2 Å². The van der Waals surface area contributed by atoms with Gasteiger partial charge < -0.3 is 10.2 Å². The summed E-state index contributed by atoms with van der Waals surface area (Å²) < 4.78 is 5.68. The normalized spacial score (nSPS) is 10.6. The van der Waals surface area contributed by atoms with Crippen molar-refractivity contribution in [3.05, 3.63) is 59.4 Å². The van der Waals surface area contributed by atoms with Crippen molar-refractivity contribution in [3.8, 4) is 5.75 Å². The van der Waals surface area contributed by atoms with Crippen LogP contribution in [0.1, 0.15) is 5.56 Å². The minimum absolute atomic E-state index is 0.319. The first-order chi connectivity index (χ1) is 10.3. The maximum atomic E-state index is 5.88. The standard InChI is InChI=1S/C15H13ClN4O/c16-12-6-13(8-18-7-12)21-9-11-5-10-3-1-2-4-14(10)19-15(11)20-17/h1-8H,9,17H2,(H,19,20). The zero-order valence-corrected chi connectivity index (χ0v) is 11.8. The third-order valence-corrected chi connectivity index (χ3v) is 3.22. The van der Waals surface area contributed by atoms with E-state index in [2.05, 4.69) is 15.4 Å². The summed E-state index contributed by atoms with van der Waals surface area (Å²) in [7, 11) is 0. The van der Waals surface area contributed by atoms with E-state index in [4.69, 9.17) is 22.2 Å². The van der Waals surface area contributed by atoms with Gasteiger partial charge in [0.25, 0.3) is 0 Å². The molecular formula is C15H13ClN4O. The molecule has 0 amide bonds. The number of anilines is 1. The quantitative estimate of drug-likeness (QED) is 0.572. The Kier molecular flexibility index (Phi) is 3.85. The molecule has 0 aliphatic heterocycles. The minimum atomic E-state index is 0.319.